The molecule has 0 saturated heterocycles. The van der Waals surface area contributed by atoms with Gasteiger partial charge < -0.3 is 5.11 Å². The second-order valence-electron chi connectivity index (χ2n) is 5.15. The number of benzene rings is 1. The van der Waals surface area contributed by atoms with Gasteiger partial charge in [0.05, 0.1) is 16.0 Å². The first-order chi connectivity index (χ1) is 8.82. The van der Waals surface area contributed by atoms with Gasteiger partial charge in [0, 0.05) is 11.5 Å². The van der Waals surface area contributed by atoms with Crippen LogP contribution in [0.25, 0.3) is 0 Å². The van der Waals surface area contributed by atoms with Crippen LogP contribution >= 0.6 is 23.2 Å². The van der Waals surface area contributed by atoms with Crippen molar-refractivity contribution in [2.75, 3.05) is 0 Å². The lowest BCUT2D eigenvalue weighted by molar-refractivity contribution is -0.139. The van der Waals surface area contributed by atoms with Crippen LogP contribution < -0.4 is 0 Å². The first kappa shape index (κ1) is 14.4. The van der Waals surface area contributed by atoms with Crippen molar-refractivity contribution in [2.24, 2.45) is 17.3 Å². The largest absolute Gasteiger partial charge is 0.481 e. The van der Waals surface area contributed by atoms with Crippen LogP contribution in [0.5, 0.6) is 0 Å². The molecule has 1 aliphatic rings. The Morgan fingerprint density at radius 1 is 1.26 bits per heavy atom. The van der Waals surface area contributed by atoms with E-state index in [1.54, 1.807) is 12.1 Å². The Kier molecular flexibility index (Phi) is 3.63. The summed E-state index contributed by atoms with van der Waals surface area (Å²) in [6, 6.07) is 4.64. The maximum absolute atomic E-state index is 12.4. The lowest BCUT2D eigenvalue weighted by Gasteiger charge is -2.07. The lowest BCUT2D eigenvalue weighted by atomic mass is 9.97. The molecule has 1 aliphatic carbocycles. The first-order valence-electron chi connectivity index (χ1n) is 6.05. The van der Waals surface area contributed by atoms with Crippen molar-refractivity contribution in [2.45, 2.75) is 20.3 Å². The molecule has 102 valence electrons. The summed E-state index contributed by atoms with van der Waals surface area (Å²) in [4.78, 5) is 23.6. The minimum atomic E-state index is -0.914. The van der Waals surface area contributed by atoms with Crippen molar-refractivity contribution in [3.63, 3.8) is 0 Å². The van der Waals surface area contributed by atoms with Crippen molar-refractivity contribution < 1.29 is 14.7 Å². The predicted octanol–water partition coefficient (Wildman–Crippen LogP) is 3.92. The minimum absolute atomic E-state index is 0.171. The molecule has 0 radical (unpaired) electrons. The van der Waals surface area contributed by atoms with E-state index in [2.05, 4.69) is 0 Å². The molecule has 3 atom stereocenters. The number of ketones is 1. The third-order valence-electron chi connectivity index (χ3n) is 4.16. The summed E-state index contributed by atoms with van der Waals surface area (Å²) in [6.45, 7) is 3.74. The van der Waals surface area contributed by atoms with Gasteiger partial charge in [0.25, 0.3) is 0 Å². The molecule has 0 bridgehead atoms. The Labute approximate surface area is 121 Å². The number of halogens is 2. The molecule has 3 nitrogen and oxygen atoms in total. The number of carbonyl (C=O) groups is 2. The van der Waals surface area contributed by atoms with Crippen LogP contribution in [-0.2, 0) is 4.79 Å². The number of carboxylic acids is 1. The van der Waals surface area contributed by atoms with Gasteiger partial charge in [-0.2, -0.15) is 0 Å². The van der Waals surface area contributed by atoms with E-state index in [-0.39, 0.29) is 5.78 Å². The average Bonchev–Trinajstić information content (AvgIpc) is 2.99. The Bertz CT molecular complexity index is 556. The van der Waals surface area contributed by atoms with Crippen LogP contribution in [-0.4, -0.2) is 16.9 Å². The highest BCUT2D eigenvalue weighted by Crippen LogP contribution is 2.62. The molecule has 19 heavy (non-hydrogen) atoms. The van der Waals surface area contributed by atoms with E-state index in [0.717, 1.165) is 0 Å². The molecule has 1 N–H and O–H groups in total. The minimum Gasteiger partial charge on any atom is -0.481 e. The second-order valence-corrected chi connectivity index (χ2v) is 5.96. The molecule has 1 saturated carbocycles. The number of carboxylic acid groups (broad SMARTS) is 1. The number of Topliss-reactive ketones (excluding diaryl/α,β-unsaturated/α-hetero) is 1. The monoisotopic (exact) mass is 300 g/mol. The van der Waals surface area contributed by atoms with E-state index in [9.17, 15) is 14.7 Å². The van der Waals surface area contributed by atoms with Gasteiger partial charge in [0.1, 0.15) is 0 Å². The lowest BCUT2D eigenvalue weighted by Crippen LogP contribution is -2.08. The van der Waals surface area contributed by atoms with E-state index in [1.807, 2.05) is 13.8 Å². The van der Waals surface area contributed by atoms with Crippen LogP contribution in [0, 0.1) is 17.3 Å². The van der Waals surface area contributed by atoms with Crippen LogP contribution in [0.1, 0.15) is 30.6 Å². The fourth-order valence-corrected chi connectivity index (χ4v) is 3.01. The standard InChI is InChI=1S/C14H14Cl2O3/c1-3-14(2)10(11(14)13(18)19)12(17)7-4-5-8(15)9(16)6-7/h4-6,10-11H,3H2,1-2H3,(H,18,19). The highest BCUT2D eigenvalue weighted by atomic mass is 35.5. The molecule has 0 spiro atoms. The summed E-state index contributed by atoms with van der Waals surface area (Å²) in [5, 5.41) is 9.87. The van der Waals surface area contributed by atoms with Crippen LogP contribution in [0.3, 0.4) is 0 Å². The Balaban J connectivity index is 2.30. The summed E-state index contributed by atoms with van der Waals surface area (Å²) in [5.74, 6) is -2.18. The van der Waals surface area contributed by atoms with Crippen molar-refractivity contribution in [3.8, 4) is 0 Å². The fourth-order valence-electron chi connectivity index (χ4n) is 2.71. The van der Waals surface area contributed by atoms with Gasteiger partial charge >= 0.3 is 5.97 Å². The molecule has 1 fully saturated rings. The number of rotatable bonds is 4. The average molecular weight is 301 g/mol. The highest BCUT2D eigenvalue weighted by Gasteiger charge is 2.67. The van der Waals surface area contributed by atoms with Gasteiger partial charge in [0.15, 0.2) is 5.78 Å². The molecular formula is C14H14Cl2O3. The maximum atomic E-state index is 12.4. The van der Waals surface area contributed by atoms with E-state index in [0.29, 0.717) is 22.0 Å². The number of carbonyl (C=O) groups excluding carboxylic acids is 1. The second kappa shape index (κ2) is 4.80. The number of hydrogen-bond donors (Lipinski definition) is 1. The van der Waals surface area contributed by atoms with E-state index < -0.39 is 23.2 Å². The van der Waals surface area contributed by atoms with E-state index in [1.165, 1.54) is 6.07 Å². The van der Waals surface area contributed by atoms with Crippen LogP contribution in [0.15, 0.2) is 18.2 Å². The van der Waals surface area contributed by atoms with Gasteiger partial charge in [-0.3, -0.25) is 9.59 Å². The molecule has 1 aromatic carbocycles. The van der Waals surface area contributed by atoms with E-state index in [4.69, 9.17) is 23.2 Å². The number of aliphatic carboxylic acids is 1. The van der Waals surface area contributed by atoms with Gasteiger partial charge in [-0.05, 0) is 30.0 Å². The summed E-state index contributed by atoms with van der Waals surface area (Å²) >= 11 is 11.7. The molecule has 0 heterocycles. The molecule has 0 aliphatic heterocycles. The number of hydrogen-bond acceptors (Lipinski definition) is 2. The Morgan fingerprint density at radius 2 is 1.89 bits per heavy atom. The van der Waals surface area contributed by atoms with Crippen molar-refractivity contribution in [3.05, 3.63) is 33.8 Å². The third kappa shape index (κ3) is 2.26. The topological polar surface area (TPSA) is 54.4 Å². The van der Waals surface area contributed by atoms with Crippen LogP contribution in [0.4, 0.5) is 0 Å². The zero-order chi connectivity index (χ0) is 14.4. The first-order valence-corrected chi connectivity index (χ1v) is 6.80. The maximum Gasteiger partial charge on any atom is 0.307 e. The summed E-state index contributed by atoms with van der Waals surface area (Å²) in [7, 11) is 0. The highest BCUT2D eigenvalue weighted by molar-refractivity contribution is 6.42. The normalized spacial score (nSPS) is 29.1. The zero-order valence-corrected chi connectivity index (χ0v) is 12.1. The van der Waals surface area contributed by atoms with Gasteiger partial charge in [0.2, 0.25) is 0 Å². The Hall–Kier alpha value is -1.06. The fraction of sp³-hybridized carbons (Fsp3) is 0.429. The molecule has 0 amide bonds. The SMILES string of the molecule is CCC1(C)C(C(=O)O)C1C(=O)c1ccc(Cl)c(Cl)c1. The molecule has 0 aromatic heterocycles. The smallest absolute Gasteiger partial charge is 0.307 e. The predicted molar refractivity (Wildman–Crippen MR) is 73.8 cm³/mol. The summed E-state index contributed by atoms with van der Waals surface area (Å²) in [5.41, 5.74) is -0.0440. The molecular weight excluding hydrogens is 287 g/mol. The van der Waals surface area contributed by atoms with Gasteiger partial charge in [-0.15, -0.1) is 0 Å². The molecule has 2 rings (SSSR count). The van der Waals surface area contributed by atoms with Gasteiger partial charge in [-0.25, -0.2) is 0 Å². The summed E-state index contributed by atoms with van der Waals surface area (Å²) < 4.78 is 0. The molecule has 1 aromatic rings. The quantitative estimate of drug-likeness (QED) is 0.857. The molecule has 5 heteroatoms. The third-order valence-corrected chi connectivity index (χ3v) is 4.90. The zero-order valence-electron chi connectivity index (χ0n) is 10.6. The van der Waals surface area contributed by atoms with Crippen LogP contribution in [0.2, 0.25) is 10.0 Å². The van der Waals surface area contributed by atoms with Crippen molar-refractivity contribution in [1.82, 2.24) is 0 Å². The van der Waals surface area contributed by atoms with E-state index >= 15 is 0 Å². The van der Waals surface area contributed by atoms with Crippen molar-refractivity contribution >= 4 is 35.0 Å². The molecule has 3 unspecified atom stereocenters. The Morgan fingerprint density at radius 3 is 2.32 bits per heavy atom. The van der Waals surface area contributed by atoms with Crippen molar-refractivity contribution in [1.29, 1.82) is 0 Å². The summed E-state index contributed by atoms with van der Waals surface area (Å²) in [6.07, 6.45) is 0.654. The van der Waals surface area contributed by atoms with Gasteiger partial charge in [-0.1, -0.05) is 37.0 Å².